The van der Waals surface area contributed by atoms with Gasteiger partial charge in [-0.1, -0.05) is 5.16 Å². The first kappa shape index (κ1) is 14.7. The maximum Gasteiger partial charge on any atom is 0.263 e. The molecule has 0 N–H and O–H groups in total. The predicted molar refractivity (Wildman–Crippen MR) is 79.6 cm³/mol. The van der Waals surface area contributed by atoms with E-state index in [4.69, 9.17) is 9.26 Å². The summed E-state index contributed by atoms with van der Waals surface area (Å²) in [5.74, 6) is 0.793. The minimum atomic E-state index is 0.0791. The molecule has 3 heterocycles. The fourth-order valence-corrected chi connectivity index (χ4v) is 2.68. The van der Waals surface area contributed by atoms with Crippen LogP contribution in [0.4, 0.5) is 5.82 Å². The lowest BCUT2D eigenvalue weighted by molar-refractivity contribution is -0.129. The standard InChI is InChI=1S/C14H19N5O3/c1-10-12-13(15-9-16-14(12)22-17-10)19-5-3-4-18(6-7-21-2)11(20)8-19/h9H,3-8H2,1-2H3. The Bertz CT molecular complexity index is 672. The largest absolute Gasteiger partial charge is 0.383 e. The van der Waals surface area contributed by atoms with E-state index in [0.717, 1.165) is 30.6 Å². The van der Waals surface area contributed by atoms with Gasteiger partial charge in [0, 0.05) is 26.7 Å². The van der Waals surface area contributed by atoms with Gasteiger partial charge < -0.3 is 19.1 Å². The molecule has 0 unspecified atom stereocenters. The minimum Gasteiger partial charge on any atom is -0.383 e. The molecule has 3 rings (SSSR count). The van der Waals surface area contributed by atoms with Gasteiger partial charge in [-0.3, -0.25) is 4.79 Å². The fraction of sp³-hybridized carbons (Fsp3) is 0.571. The van der Waals surface area contributed by atoms with Crippen LogP contribution in [0.25, 0.3) is 11.1 Å². The number of carbonyl (C=O) groups excluding carboxylic acids is 1. The maximum atomic E-state index is 12.4. The first-order valence-electron chi connectivity index (χ1n) is 7.29. The summed E-state index contributed by atoms with van der Waals surface area (Å²) in [6, 6.07) is 0. The molecule has 0 saturated carbocycles. The number of fused-ring (bicyclic) bond motifs is 1. The lowest BCUT2D eigenvalue weighted by Gasteiger charge is -2.22. The number of anilines is 1. The van der Waals surface area contributed by atoms with E-state index >= 15 is 0 Å². The number of amides is 1. The Hall–Kier alpha value is -2.22. The van der Waals surface area contributed by atoms with Crippen LogP contribution in [0.3, 0.4) is 0 Å². The van der Waals surface area contributed by atoms with Crippen molar-refractivity contribution in [3.8, 4) is 0 Å². The molecule has 22 heavy (non-hydrogen) atoms. The van der Waals surface area contributed by atoms with Gasteiger partial charge in [0.25, 0.3) is 5.71 Å². The van der Waals surface area contributed by atoms with Crippen LogP contribution in [0.1, 0.15) is 12.1 Å². The van der Waals surface area contributed by atoms with Gasteiger partial charge in [0.05, 0.1) is 18.8 Å². The Morgan fingerprint density at radius 1 is 1.36 bits per heavy atom. The predicted octanol–water partition coefficient (Wildman–Crippen LogP) is 0.611. The lowest BCUT2D eigenvalue weighted by atomic mass is 10.2. The first-order chi connectivity index (χ1) is 10.7. The molecule has 1 aliphatic rings. The first-order valence-corrected chi connectivity index (χ1v) is 7.29. The van der Waals surface area contributed by atoms with Crippen LogP contribution >= 0.6 is 0 Å². The highest BCUT2D eigenvalue weighted by molar-refractivity contribution is 5.90. The number of rotatable bonds is 4. The van der Waals surface area contributed by atoms with E-state index < -0.39 is 0 Å². The lowest BCUT2D eigenvalue weighted by Crippen LogP contribution is -2.38. The van der Waals surface area contributed by atoms with E-state index in [1.54, 1.807) is 7.11 Å². The number of hydrogen-bond donors (Lipinski definition) is 0. The monoisotopic (exact) mass is 305 g/mol. The normalized spacial score (nSPS) is 16.4. The third-order valence-corrected chi connectivity index (χ3v) is 3.82. The van der Waals surface area contributed by atoms with Gasteiger partial charge in [-0.25, -0.2) is 4.98 Å². The number of carbonyl (C=O) groups is 1. The minimum absolute atomic E-state index is 0.0791. The molecule has 0 atom stereocenters. The van der Waals surface area contributed by atoms with Crippen LogP contribution in [0.15, 0.2) is 10.9 Å². The van der Waals surface area contributed by atoms with Gasteiger partial charge in [0.1, 0.15) is 17.5 Å². The summed E-state index contributed by atoms with van der Waals surface area (Å²) < 4.78 is 10.2. The summed E-state index contributed by atoms with van der Waals surface area (Å²) in [6.07, 6.45) is 2.33. The molecule has 1 fully saturated rings. The second kappa shape index (κ2) is 6.27. The Morgan fingerprint density at radius 3 is 3.05 bits per heavy atom. The van der Waals surface area contributed by atoms with E-state index in [1.165, 1.54) is 6.33 Å². The summed E-state index contributed by atoms with van der Waals surface area (Å²) in [6.45, 7) is 4.80. The van der Waals surface area contributed by atoms with Crippen molar-refractivity contribution in [3.05, 3.63) is 12.0 Å². The highest BCUT2D eigenvalue weighted by Crippen LogP contribution is 2.26. The van der Waals surface area contributed by atoms with Crippen molar-refractivity contribution in [2.75, 3.05) is 44.8 Å². The molecule has 0 radical (unpaired) electrons. The van der Waals surface area contributed by atoms with Crippen molar-refractivity contribution < 1.29 is 14.1 Å². The van der Waals surface area contributed by atoms with E-state index in [0.29, 0.717) is 31.2 Å². The Kier molecular flexibility index (Phi) is 4.19. The molecular weight excluding hydrogens is 286 g/mol. The van der Waals surface area contributed by atoms with Gasteiger partial charge in [-0.2, -0.15) is 4.98 Å². The van der Waals surface area contributed by atoms with Crippen LogP contribution < -0.4 is 4.90 Å². The van der Waals surface area contributed by atoms with Crippen molar-refractivity contribution in [2.45, 2.75) is 13.3 Å². The van der Waals surface area contributed by atoms with Gasteiger partial charge in [-0.05, 0) is 13.3 Å². The number of methoxy groups -OCH3 is 1. The molecule has 0 aliphatic carbocycles. The summed E-state index contributed by atoms with van der Waals surface area (Å²) in [4.78, 5) is 24.6. The molecule has 118 valence electrons. The average molecular weight is 305 g/mol. The molecule has 1 aliphatic heterocycles. The van der Waals surface area contributed by atoms with Crippen LogP contribution in [-0.4, -0.2) is 65.8 Å². The summed E-state index contributed by atoms with van der Waals surface area (Å²) >= 11 is 0. The second-order valence-corrected chi connectivity index (χ2v) is 5.29. The topological polar surface area (TPSA) is 84.6 Å². The van der Waals surface area contributed by atoms with E-state index in [9.17, 15) is 4.79 Å². The second-order valence-electron chi connectivity index (χ2n) is 5.29. The molecule has 1 saturated heterocycles. The average Bonchev–Trinajstić information content (AvgIpc) is 2.80. The highest BCUT2D eigenvalue weighted by Gasteiger charge is 2.25. The van der Waals surface area contributed by atoms with Crippen LogP contribution in [0.5, 0.6) is 0 Å². The Balaban J connectivity index is 1.85. The summed E-state index contributed by atoms with van der Waals surface area (Å²) in [7, 11) is 1.64. The number of hydrogen-bond acceptors (Lipinski definition) is 7. The summed E-state index contributed by atoms with van der Waals surface area (Å²) in [5, 5.41) is 4.71. The fourth-order valence-electron chi connectivity index (χ4n) is 2.68. The summed E-state index contributed by atoms with van der Waals surface area (Å²) in [5.41, 5.74) is 1.19. The van der Waals surface area contributed by atoms with Gasteiger partial charge in [0.15, 0.2) is 0 Å². The maximum absolute atomic E-state index is 12.4. The van der Waals surface area contributed by atoms with Crippen molar-refractivity contribution >= 4 is 22.8 Å². The Morgan fingerprint density at radius 2 is 2.23 bits per heavy atom. The van der Waals surface area contributed by atoms with Crippen LogP contribution in [0, 0.1) is 6.92 Å². The highest BCUT2D eigenvalue weighted by atomic mass is 16.5. The SMILES string of the molecule is COCCN1CCCN(c2ncnc3onc(C)c23)CC1=O. The molecule has 8 nitrogen and oxygen atoms in total. The molecule has 2 aromatic rings. The molecule has 0 aromatic carbocycles. The molecule has 1 amide bonds. The smallest absolute Gasteiger partial charge is 0.263 e. The van der Waals surface area contributed by atoms with Crippen LogP contribution in [-0.2, 0) is 9.53 Å². The van der Waals surface area contributed by atoms with Crippen molar-refractivity contribution in [2.24, 2.45) is 0 Å². The van der Waals surface area contributed by atoms with Crippen molar-refractivity contribution in [3.63, 3.8) is 0 Å². The number of aromatic nitrogens is 3. The van der Waals surface area contributed by atoms with E-state index in [1.807, 2.05) is 16.7 Å². The molecule has 0 spiro atoms. The quantitative estimate of drug-likeness (QED) is 0.818. The number of aryl methyl sites for hydroxylation is 1. The van der Waals surface area contributed by atoms with Crippen molar-refractivity contribution in [1.82, 2.24) is 20.0 Å². The van der Waals surface area contributed by atoms with Crippen LogP contribution in [0.2, 0.25) is 0 Å². The molecule has 8 heteroatoms. The van der Waals surface area contributed by atoms with E-state index in [2.05, 4.69) is 15.1 Å². The molecular formula is C14H19N5O3. The molecule has 0 bridgehead atoms. The zero-order valence-corrected chi connectivity index (χ0v) is 12.8. The third kappa shape index (κ3) is 2.74. The van der Waals surface area contributed by atoms with Crippen molar-refractivity contribution in [1.29, 1.82) is 0 Å². The third-order valence-electron chi connectivity index (χ3n) is 3.82. The van der Waals surface area contributed by atoms with E-state index in [-0.39, 0.29) is 5.91 Å². The zero-order chi connectivity index (χ0) is 15.5. The van der Waals surface area contributed by atoms with Gasteiger partial charge in [0.2, 0.25) is 5.91 Å². The molecule has 2 aromatic heterocycles. The van der Waals surface area contributed by atoms with Gasteiger partial charge in [-0.15, -0.1) is 0 Å². The number of ether oxygens (including phenoxy) is 1. The zero-order valence-electron chi connectivity index (χ0n) is 12.8. The number of nitrogens with zero attached hydrogens (tertiary/aromatic N) is 5. The van der Waals surface area contributed by atoms with Gasteiger partial charge >= 0.3 is 0 Å². The Labute approximate surface area is 128 Å².